The molecule has 1 aromatic heterocycles. The van der Waals surface area contributed by atoms with E-state index in [1.807, 2.05) is 0 Å². The van der Waals surface area contributed by atoms with Crippen molar-refractivity contribution in [1.82, 2.24) is 4.98 Å². The van der Waals surface area contributed by atoms with Gasteiger partial charge in [-0.05, 0) is 6.92 Å². The van der Waals surface area contributed by atoms with Crippen LogP contribution in [0.15, 0.2) is 0 Å². The zero-order valence-corrected chi connectivity index (χ0v) is 11.3. The Balaban J connectivity index is 2.26. The first-order valence-electron chi connectivity index (χ1n) is 5.59. The Kier molecular flexibility index (Phi) is 3.52. The van der Waals surface area contributed by atoms with Crippen molar-refractivity contribution in [3.05, 3.63) is 10.6 Å². The molecular formula is C11H13N3O4S. The van der Waals surface area contributed by atoms with Crippen molar-refractivity contribution in [2.24, 2.45) is 11.7 Å². The molecule has 1 aromatic rings. The van der Waals surface area contributed by atoms with E-state index in [0.717, 1.165) is 11.3 Å². The molecule has 0 saturated carbocycles. The summed E-state index contributed by atoms with van der Waals surface area (Å²) in [6.07, 6.45) is 0.0848. The zero-order valence-electron chi connectivity index (χ0n) is 10.5. The number of hydrogen-bond acceptors (Lipinski definition) is 6. The molecule has 1 fully saturated rings. The molecule has 1 saturated heterocycles. The Morgan fingerprint density at radius 2 is 2.21 bits per heavy atom. The summed E-state index contributed by atoms with van der Waals surface area (Å²) in [6, 6.07) is 0. The van der Waals surface area contributed by atoms with E-state index in [0.29, 0.717) is 15.7 Å². The van der Waals surface area contributed by atoms with Gasteiger partial charge in [-0.15, -0.1) is 0 Å². The van der Waals surface area contributed by atoms with E-state index in [1.54, 1.807) is 6.92 Å². The number of carbonyl (C=O) groups excluding carboxylic acids is 3. The molecule has 0 spiro atoms. The molecule has 0 radical (unpaired) electrons. The van der Waals surface area contributed by atoms with Gasteiger partial charge in [-0.25, -0.2) is 9.78 Å². The molecule has 2 N–H and O–H groups in total. The number of aryl methyl sites for hydroxylation is 1. The van der Waals surface area contributed by atoms with Gasteiger partial charge in [0.15, 0.2) is 5.13 Å². The van der Waals surface area contributed by atoms with Crippen molar-refractivity contribution in [1.29, 1.82) is 0 Å². The molecule has 1 unspecified atom stereocenters. The first kappa shape index (κ1) is 13.5. The van der Waals surface area contributed by atoms with E-state index in [9.17, 15) is 14.4 Å². The third-order valence-electron chi connectivity index (χ3n) is 2.91. The Morgan fingerprint density at radius 3 is 2.74 bits per heavy atom. The molecule has 8 heteroatoms. The number of carbonyl (C=O) groups is 3. The lowest BCUT2D eigenvalue weighted by atomic mass is 10.1. The smallest absolute Gasteiger partial charge is 0.350 e. The third-order valence-corrected chi connectivity index (χ3v) is 4.07. The fraction of sp³-hybridized carbons (Fsp3) is 0.455. The molecular weight excluding hydrogens is 270 g/mol. The summed E-state index contributed by atoms with van der Waals surface area (Å²) in [5.41, 5.74) is 5.70. The second kappa shape index (κ2) is 4.96. The van der Waals surface area contributed by atoms with Crippen LogP contribution in [-0.2, 0) is 14.3 Å². The van der Waals surface area contributed by atoms with Crippen LogP contribution < -0.4 is 10.6 Å². The van der Waals surface area contributed by atoms with E-state index in [1.165, 1.54) is 12.0 Å². The van der Waals surface area contributed by atoms with E-state index in [-0.39, 0.29) is 18.9 Å². The van der Waals surface area contributed by atoms with Crippen LogP contribution in [0, 0.1) is 12.8 Å². The zero-order chi connectivity index (χ0) is 14.2. The van der Waals surface area contributed by atoms with Crippen molar-refractivity contribution in [3.8, 4) is 0 Å². The van der Waals surface area contributed by atoms with Gasteiger partial charge < -0.3 is 10.5 Å². The van der Waals surface area contributed by atoms with Gasteiger partial charge in [-0.3, -0.25) is 14.5 Å². The van der Waals surface area contributed by atoms with Crippen molar-refractivity contribution in [2.45, 2.75) is 13.3 Å². The quantitative estimate of drug-likeness (QED) is 0.791. The second-order valence-corrected chi connectivity index (χ2v) is 5.19. The van der Waals surface area contributed by atoms with Gasteiger partial charge in [0.2, 0.25) is 11.8 Å². The van der Waals surface area contributed by atoms with E-state index in [4.69, 9.17) is 5.73 Å². The topological polar surface area (TPSA) is 103 Å². The van der Waals surface area contributed by atoms with Crippen LogP contribution >= 0.6 is 11.3 Å². The van der Waals surface area contributed by atoms with Crippen LogP contribution in [0.2, 0.25) is 0 Å². The molecule has 2 amide bonds. The lowest BCUT2D eigenvalue weighted by molar-refractivity contribution is -0.123. The van der Waals surface area contributed by atoms with Gasteiger partial charge >= 0.3 is 5.97 Å². The summed E-state index contributed by atoms with van der Waals surface area (Å²) in [6.45, 7) is 1.88. The van der Waals surface area contributed by atoms with Crippen molar-refractivity contribution >= 4 is 34.3 Å². The van der Waals surface area contributed by atoms with Gasteiger partial charge in [0, 0.05) is 13.0 Å². The van der Waals surface area contributed by atoms with Crippen LogP contribution in [0.3, 0.4) is 0 Å². The third kappa shape index (κ3) is 2.43. The van der Waals surface area contributed by atoms with Crippen LogP contribution in [0.1, 0.15) is 21.8 Å². The van der Waals surface area contributed by atoms with Gasteiger partial charge in [0.1, 0.15) is 4.88 Å². The molecule has 2 heterocycles. The van der Waals surface area contributed by atoms with Crippen molar-refractivity contribution < 1.29 is 19.1 Å². The Bertz CT molecular complexity index is 554. The average molecular weight is 283 g/mol. The summed E-state index contributed by atoms with van der Waals surface area (Å²) < 4.78 is 4.63. The maximum Gasteiger partial charge on any atom is 0.350 e. The Hall–Kier alpha value is -1.96. The highest BCUT2D eigenvalue weighted by atomic mass is 32.1. The summed E-state index contributed by atoms with van der Waals surface area (Å²) in [4.78, 5) is 40.3. The first-order chi connectivity index (χ1) is 8.93. The molecule has 102 valence electrons. The number of methoxy groups -OCH3 is 1. The average Bonchev–Trinajstić information content (AvgIpc) is 2.91. The Labute approximate surface area is 113 Å². The predicted octanol–water partition coefficient (Wildman–Crippen LogP) is 0.0763. The number of primary amides is 1. The normalized spacial score (nSPS) is 18.7. The minimum atomic E-state index is -0.502. The van der Waals surface area contributed by atoms with Gasteiger partial charge in [0.25, 0.3) is 0 Å². The monoisotopic (exact) mass is 283 g/mol. The standard InChI is InChI=1S/C11H13N3O4S/c1-5-8(10(17)18-2)19-11(13-5)14-4-6(9(12)16)3-7(14)15/h6H,3-4H2,1-2H3,(H2,12,16). The van der Waals surface area contributed by atoms with Gasteiger partial charge in [-0.1, -0.05) is 11.3 Å². The maximum absolute atomic E-state index is 11.8. The Morgan fingerprint density at radius 1 is 1.53 bits per heavy atom. The number of thiazole rings is 1. The molecule has 0 aromatic carbocycles. The van der Waals surface area contributed by atoms with Crippen LogP contribution in [0.25, 0.3) is 0 Å². The second-order valence-electron chi connectivity index (χ2n) is 4.21. The number of ether oxygens (including phenoxy) is 1. The number of rotatable bonds is 3. The largest absolute Gasteiger partial charge is 0.465 e. The highest BCUT2D eigenvalue weighted by Crippen LogP contribution is 2.31. The van der Waals surface area contributed by atoms with Crippen LogP contribution in [-0.4, -0.2) is 36.4 Å². The van der Waals surface area contributed by atoms with Gasteiger partial charge in [0.05, 0.1) is 18.7 Å². The fourth-order valence-corrected chi connectivity index (χ4v) is 2.87. The molecule has 1 atom stereocenters. The molecule has 19 heavy (non-hydrogen) atoms. The van der Waals surface area contributed by atoms with Gasteiger partial charge in [-0.2, -0.15) is 0 Å². The minimum absolute atomic E-state index is 0.0848. The number of nitrogens with two attached hydrogens (primary N) is 1. The molecule has 7 nitrogen and oxygen atoms in total. The predicted molar refractivity (Wildman–Crippen MR) is 67.8 cm³/mol. The highest BCUT2D eigenvalue weighted by molar-refractivity contribution is 7.17. The molecule has 2 rings (SSSR count). The number of anilines is 1. The lowest BCUT2D eigenvalue weighted by Gasteiger charge is -2.11. The van der Waals surface area contributed by atoms with Crippen LogP contribution in [0.4, 0.5) is 5.13 Å². The fourth-order valence-electron chi connectivity index (χ4n) is 1.86. The molecule has 0 bridgehead atoms. The summed E-state index contributed by atoms with van der Waals surface area (Å²) in [5, 5.41) is 0.395. The SMILES string of the molecule is COC(=O)c1sc(N2CC(C(N)=O)CC2=O)nc1C. The number of amides is 2. The first-order valence-corrected chi connectivity index (χ1v) is 6.41. The van der Waals surface area contributed by atoms with E-state index in [2.05, 4.69) is 9.72 Å². The summed E-state index contributed by atoms with van der Waals surface area (Å²) >= 11 is 1.07. The lowest BCUT2D eigenvalue weighted by Crippen LogP contribution is -2.28. The molecule has 1 aliphatic rings. The minimum Gasteiger partial charge on any atom is -0.465 e. The summed E-state index contributed by atoms with van der Waals surface area (Å²) in [7, 11) is 1.28. The molecule has 0 aliphatic carbocycles. The highest BCUT2D eigenvalue weighted by Gasteiger charge is 2.36. The number of hydrogen-bond donors (Lipinski definition) is 1. The van der Waals surface area contributed by atoms with Crippen molar-refractivity contribution in [3.63, 3.8) is 0 Å². The van der Waals surface area contributed by atoms with E-state index < -0.39 is 17.8 Å². The van der Waals surface area contributed by atoms with Crippen molar-refractivity contribution in [2.75, 3.05) is 18.6 Å². The number of nitrogens with zero attached hydrogens (tertiary/aromatic N) is 2. The number of esters is 1. The summed E-state index contributed by atoms with van der Waals surface area (Å²) in [5.74, 6) is -1.70. The molecule has 1 aliphatic heterocycles. The van der Waals surface area contributed by atoms with Crippen LogP contribution in [0.5, 0.6) is 0 Å². The number of aromatic nitrogens is 1. The van der Waals surface area contributed by atoms with E-state index >= 15 is 0 Å². The maximum atomic E-state index is 11.8.